The molecule has 144 valence electrons. The van der Waals surface area contributed by atoms with Gasteiger partial charge < -0.3 is 4.74 Å². The predicted molar refractivity (Wildman–Crippen MR) is 112 cm³/mol. The third-order valence-corrected chi connectivity index (χ3v) is 5.19. The van der Waals surface area contributed by atoms with Crippen LogP contribution in [0.1, 0.15) is 43.4 Å². The third kappa shape index (κ3) is 3.91. The van der Waals surface area contributed by atoms with Crippen LogP contribution in [0, 0.1) is 6.92 Å². The number of carbonyl (C=O) groups is 1. The molecule has 1 heterocycles. The van der Waals surface area contributed by atoms with E-state index < -0.39 is 0 Å². The molecular formula is C22H25BN2O3. The first-order chi connectivity index (χ1) is 13.5. The molecule has 0 aliphatic heterocycles. The zero-order chi connectivity index (χ0) is 20.3. The topological polar surface area (TPSA) is 53.2 Å². The van der Waals surface area contributed by atoms with E-state index in [2.05, 4.69) is 0 Å². The number of hydrogen-bond acceptors (Lipinski definition) is 3. The zero-order valence-electron chi connectivity index (χ0n) is 16.6. The number of hydrogen-bond donors (Lipinski definition) is 0. The first-order valence-corrected chi connectivity index (χ1v) is 9.57. The number of carbonyl (C=O) groups excluding carboxylic acids is 1. The molecule has 0 saturated heterocycles. The van der Waals surface area contributed by atoms with Crippen LogP contribution in [0.3, 0.4) is 0 Å². The lowest BCUT2D eigenvalue weighted by Crippen LogP contribution is -2.29. The molecule has 0 N–H and O–H groups in total. The van der Waals surface area contributed by atoms with Crippen LogP contribution in [-0.2, 0) is 16.1 Å². The molecule has 0 aliphatic rings. The maximum atomic E-state index is 13.4. The molecule has 3 rings (SSSR count). The van der Waals surface area contributed by atoms with Crippen molar-refractivity contribution in [2.75, 3.05) is 7.11 Å². The maximum absolute atomic E-state index is 13.4. The van der Waals surface area contributed by atoms with Crippen molar-refractivity contribution in [2.24, 2.45) is 0 Å². The summed E-state index contributed by atoms with van der Waals surface area (Å²) in [7, 11) is 7.33. The third-order valence-electron chi connectivity index (χ3n) is 5.19. The van der Waals surface area contributed by atoms with Crippen molar-refractivity contribution < 1.29 is 9.53 Å². The molecule has 1 atom stereocenters. The first kappa shape index (κ1) is 20.0. The minimum atomic E-state index is -0.311. The molecule has 2 aromatic carbocycles. The number of imidazole rings is 1. The summed E-state index contributed by atoms with van der Waals surface area (Å²) in [6.07, 6.45) is 1.76. The van der Waals surface area contributed by atoms with Crippen molar-refractivity contribution in [1.82, 2.24) is 9.13 Å². The van der Waals surface area contributed by atoms with Gasteiger partial charge in [0.05, 0.1) is 31.1 Å². The highest BCUT2D eigenvalue weighted by atomic mass is 16.5. The quantitative estimate of drug-likeness (QED) is 0.471. The summed E-state index contributed by atoms with van der Waals surface area (Å²) in [4.78, 5) is 25.4. The van der Waals surface area contributed by atoms with Gasteiger partial charge in [-0.2, -0.15) is 0 Å². The average molecular weight is 376 g/mol. The van der Waals surface area contributed by atoms with Gasteiger partial charge in [-0.15, -0.1) is 0 Å². The average Bonchev–Trinajstić information content (AvgIpc) is 2.96. The Morgan fingerprint density at radius 3 is 2.57 bits per heavy atom. The number of fused-ring (bicyclic) bond motifs is 1. The molecule has 2 radical (unpaired) electrons. The van der Waals surface area contributed by atoms with E-state index in [1.54, 1.807) is 9.13 Å². The van der Waals surface area contributed by atoms with Gasteiger partial charge in [-0.3, -0.25) is 13.9 Å². The van der Waals surface area contributed by atoms with E-state index in [4.69, 9.17) is 12.6 Å². The second-order valence-corrected chi connectivity index (χ2v) is 7.14. The Morgan fingerprint density at radius 1 is 1.18 bits per heavy atom. The highest BCUT2D eigenvalue weighted by molar-refractivity contribution is 6.32. The highest BCUT2D eigenvalue weighted by Crippen LogP contribution is 2.24. The van der Waals surface area contributed by atoms with Crippen LogP contribution >= 0.6 is 0 Å². The van der Waals surface area contributed by atoms with Crippen LogP contribution < -0.4 is 11.2 Å². The Bertz CT molecular complexity index is 1050. The standard InChI is InChI=1S/C22H25BN2O3/c1-4-7-18(13-21(26)28-3)25-20-9-6-5-8-19(20)24(22(25)27)14-16-12-17(23)11-10-15(16)2/h5-6,8-12,18H,4,7,13-14H2,1-3H3. The molecule has 5 nitrogen and oxygen atoms in total. The Morgan fingerprint density at radius 2 is 1.89 bits per heavy atom. The summed E-state index contributed by atoms with van der Waals surface area (Å²) >= 11 is 0. The zero-order valence-corrected chi connectivity index (χ0v) is 16.6. The largest absolute Gasteiger partial charge is 0.469 e. The van der Waals surface area contributed by atoms with E-state index in [1.807, 2.05) is 56.3 Å². The van der Waals surface area contributed by atoms with Crippen molar-refractivity contribution in [2.45, 2.75) is 45.7 Å². The Hall–Kier alpha value is -2.76. The molecule has 0 amide bonds. The molecule has 1 aromatic heterocycles. The summed E-state index contributed by atoms with van der Waals surface area (Å²) in [6, 6.07) is 13.2. The Kier molecular flexibility index (Phi) is 6.07. The number of esters is 1. The minimum absolute atomic E-state index is 0.120. The predicted octanol–water partition coefficient (Wildman–Crippen LogP) is 2.86. The molecule has 0 fully saturated rings. The normalized spacial score (nSPS) is 12.2. The van der Waals surface area contributed by atoms with Gasteiger partial charge in [0.25, 0.3) is 0 Å². The van der Waals surface area contributed by atoms with Gasteiger partial charge >= 0.3 is 11.7 Å². The van der Waals surface area contributed by atoms with Crippen molar-refractivity contribution in [3.05, 3.63) is 64.1 Å². The van der Waals surface area contributed by atoms with Crippen LogP contribution in [0.25, 0.3) is 11.0 Å². The fourth-order valence-electron chi connectivity index (χ4n) is 3.70. The number of ether oxygens (including phenoxy) is 1. The Balaban J connectivity index is 2.15. The molecule has 0 bridgehead atoms. The molecule has 0 saturated carbocycles. The van der Waals surface area contributed by atoms with Crippen molar-refractivity contribution in [3.63, 3.8) is 0 Å². The van der Waals surface area contributed by atoms with Crippen molar-refractivity contribution >= 4 is 30.3 Å². The van der Waals surface area contributed by atoms with E-state index in [9.17, 15) is 9.59 Å². The van der Waals surface area contributed by atoms with Gasteiger partial charge in [0, 0.05) is 6.04 Å². The lowest BCUT2D eigenvalue weighted by atomic mass is 9.92. The monoisotopic (exact) mass is 376 g/mol. The van der Waals surface area contributed by atoms with Gasteiger partial charge in [-0.05, 0) is 36.6 Å². The fourth-order valence-corrected chi connectivity index (χ4v) is 3.70. The SMILES string of the molecule is [B]c1ccc(C)c(Cn2c(=O)n(C(CCC)CC(=O)OC)c3ccccc32)c1. The second-order valence-electron chi connectivity index (χ2n) is 7.14. The second kappa shape index (κ2) is 8.51. The number of nitrogens with zero attached hydrogens (tertiary/aromatic N) is 2. The molecule has 3 aromatic rings. The van der Waals surface area contributed by atoms with Gasteiger partial charge in [0.1, 0.15) is 7.85 Å². The van der Waals surface area contributed by atoms with E-state index in [-0.39, 0.29) is 24.1 Å². The smallest absolute Gasteiger partial charge is 0.329 e. The summed E-state index contributed by atoms with van der Waals surface area (Å²) < 4.78 is 8.37. The molecule has 0 spiro atoms. The number of methoxy groups -OCH3 is 1. The summed E-state index contributed by atoms with van der Waals surface area (Å²) in [6.45, 7) is 4.49. The molecule has 28 heavy (non-hydrogen) atoms. The van der Waals surface area contributed by atoms with Gasteiger partial charge in [-0.25, -0.2) is 4.79 Å². The first-order valence-electron chi connectivity index (χ1n) is 9.57. The number of rotatable bonds is 7. The number of benzene rings is 2. The minimum Gasteiger partial charge on any atom is -0.469 e. The number of aromatic nitrogens is 2. The van der Waals surface area contributed by atoms with Gasteiger partial charge in [0.2, 0.25) is 0 Å². The van der Waals surface area contributed by atoms with Gasteiger partial charge in [0.15, 0.2) is 0 Å². The molecule has 0 aliphatic carbocycles. The lowest BCUT2D eigenvalue weighted by Gasteiger charge is -2.17. The number of para-hydroxylation sites is 2. The van der Waals surface area contributed by atoms with E-state index in [0.29, 0.717) is 12.0 Å². The Labute approximate surface area is 166 Å². The van der Waals surface area contributed by atoms with Crippen molar-refractivity contribution in [3.8, 4) is 0 Å². The molecule has 6 heteroatoms. The molecular weight excluding hydrogens is 351 g/mol. The number of aryl methyl sites for hydroxylation is 1. The highest BCUT2D eigenvalue weighted by Gasteiger charge is 2.23. The summed E-state index contributed by atoms with van der Waals surface area (Å²) in [5.74, 6) is -0.311. The van der Waals surface area contributed by atoms with E-state index in [1.165, 1.54) is 7.11 Å². The summed E-state index contributed by atoms with van der Waals surface area (Å²) in [5, 5.41) is 0. The van der Waals surface area contributed by atoms with Crippen LogP contribution in [0.5, 0.6) is 0 Å². The molecule has 1 unspecified atom stereocenters. The van der Waals surface area contributed by atoms with Crippen LogP contribution in [-0.4, -0.2) is 30.1 Å². The van der Waals surface area contributed by atoms with Crippen LogP contribution in [0.2, 0.25) is 0 Å². The van der Waals surface area contributed by atoms with E-state index in [0.717, 1.165) is 35.0 Å². The van der Waals surface area contributed by atoms with Crippen LogP contribution in [0.15, 0.2) is 47.3 Å². The van der Waals surface area contributed by atoms with Crippen LogP contribution in [0.4, 0.5) is 0 Å². The lowest BCUT2D eigenvalue weighted by molar-refractivity contribution is -0.141. The maximum Gasteiger partial charge on any atom is 0.329 e. The summed E-state index contributed by atoms with van der Waals surface area (Å²) in [5.41, 5.74) is 4.32. The van der Waals surface area contributed by atoms with Crippen molar-refractivity contribution in [1.29, 1.82) is 0 Å². The van der Waals surface area contributed by atoms with E-state index >= 15 is 0 Å². The van der Waals surface area contributed by atoms with Gasteiger partial charge in [-0.1, -0.05) is 49.1 Å². The fraction of sp³-hybridized carbons (Fsp3) is 0.364.